The van der Waals surface area contributed by atoms with Gasteiger partial charge in [-0.1, -0.05) is 37.8 Å². The largest absolute Gasteiger partial charge is 0.370 e. The summed E-state index contributed by atoms with van der Waals surface area (Å²) < 4.78 is 6.41. The molecule has 0 radical (unpaired) electrons. The Morgan fingerprint density at radius 3 is 3.00 bits per heavy atom. The second kappa shape index (κ2) is 6.69. The predicted octanol–water partition coefficient (Wildman–Crippen LogP) is 4.57. The molecule has 1 heterocycles. The van der Waals surface area contributed by atoms with Gasteiger partial charge in [-0.2, -0.15) is 0 Å². The van der Waals surface area contributed by atoms with Crippen LogP contribution in [0.2, 0.25) is 4.34 Å². The molecule has 0 saturated heterocycles. The number of ether oxygens (including phenoxy) is 1. The molecule has 1 aromatic heterocycles. The predicted molar refractivity (Wildman–Crippen MR) is 75.6 cm³/mol. The van der Waals surface area contributed by atoms with E-state index in [1.165, 1.54) is 30.6 Å². The monoisotopic (exact) mass is 286 g/mol. The van der Waals surface area contributed by atoms with Crippen molar-refractivity contribution in [2.45, 2.75) is 45.1 Å². The zero-order chi connectivity index (χ0) is 13.0. The molecule has 1 aromatic rings. The molecule has 18 heavy (non-hydrogen) atoms. The number of carbonyl (C=O) groups is 1. The summed E-state index contributed by atoms with van der Waals surface area (Å²) in [5, 5.41) is 0. The van der Waals surface area contributed by atoms with Crippen LogP contribution in [0.4, 0.5) is 0 Å². The Hall–Kier alpha value is -0.380. The summed E-state index contributed by atoms with van der Waals surface area (Å²) >= 11 is 7.14. The summed E-state index contributed by atoms with van der Waals surface area (Å²) in [6.07, 6.45) is 6.22. The third-order valence-corrected chi connectivity index (χ3v) is 4.88. The van der Waals surface area contributed by atoms with Crippen molar-refractivity contribution < 1.29 is 9.53 Å². The van der Waals surface area contributed by atoms with E-state index in [0.717, 1.165) is 18.8 Å². The van der Waals surface area contributed by atoms with Crippen molar-refractivity contribution in [2.75, 3.05) is 6.61 Å². The van der Waals surface area contributed by atoms with E-state index in [1.807, 2.05) is 0 Å². The van der Waals surface area contributed by atoms with Crippen molar-refractivity contribution in [3.63, 3.8) is 0 Å². The smallest absolute Gasteiger partial charge is 0.198 e. The number of Topliss-reactive ketones (excluding diaryl/α,β-unsaturated/α-hetero) is 1. The number of thiophene rings is 1. The lowest BCUT2D eigenvalue weighted by Gasteiger charge is -2.28. The second-order valence-corrected chi connectivity index (χ2v) is 6.62. The van der Waals surface area contributed by atoms with Crippen molar-refractivity contribution in [3.05, 3.63) is 21.3 Å². The van der Waals surface area contributed by atoms with Crippen LogP contribution in [0.15, 0.2) is 12.1 Å². The average molecular weight is 287 g/mol. The number of rotatable bonds is 5. The molecule has 2 unspecified atom stereocenters. The zero-order valence-corrected chi connectivity index (χ0v) is 12.2. The number of hydrogen-bond donors (Lipinski definition) is 0. The molecule has 0 spiro atoms. The minimum absolute atomic E-state index is 0.0468. The lowest BCUT2D eigenvalue weighted by atomic mass is 9.85. The van der Waals surface area contributed by atoms with Crippen molar-refractivity contribution in [1.29, 1.82) is 0 Å². The maximum Gasteiger partial charge on any atom is 0.198 e. The quantitative estimate of drug-likeness (QED) is 0.741. The Labute approximate surface area is 117 Å². The van der Waals surface area contributed by atoms with Gasteiger partial charge in [-0.3, -0.25) is 4.79 Å². The van der Waals surface area contributed by atoms with E-state index in [1.54, 1.807) is 12.1 Å². The summed E-state index contributed by atoms with van der Waals surface area (Å²) in [7, 11) is 0. The number of halogens is 1. The molecule has 100 valence electrons. The molecule has 1 saturated carbocycles. The number of carbonyl (C=O) groups excluding carboxylic acids is 1. The van der Waals surface area contributed by atoms with Gasteiger partial charge >= 0.3 is 0 Å². The van der Waals surface area contributed by atoms with Gasteiger partial charge in [0.15, 0.2) is 5.78 Å². The van der Waals surface area contributed by atoms with Crippen molar-refractivity contribution in [2.24, 2.45) is 5.92 Å². The highest BCUT2D eigenvalue weighted by Gasteiger charge is 2.22. The molecular weight excluding hydrogens is 268 g/mol. The Morgan fingerprint density at radius 1 is 1.50 bits per heavy atom. The molecule has 1 aliphatic rings. The van der Waals surface area contributed by atoms with Crippen LogP contribution in [-0.4, -0.2) is 18.5 Å². The fourth-order valence-corrected chi connectivity index (χ4v) is 3.46. The minimum atomic E-state index is 0.0468. The van der Waals surface area contributed by atoms with Crippen LogP contribution in [0, 0.1) is 5.92 Å². The second-order valence-electron chi connectivity index (χ2n) is 4.90. The lowest BCUT2D eigenvalue weighted by Crippen LogP contribution is -2.25. The Morgan fingerprint density at radius 2 is 2.33 bits per heavy atom. The van der Waals surface area contributed by atoms with Crippen LogP contribution in [0.25, 0.3) is 0 Å². The normalized spacial score (nSPS) is 24.1. The molecule has 2 nitrogen and oxygen atoms in total. The molecule has 0 bridgehead atoms. The van der Waals surface area contributed by atoms with Crippen molar-refractivity contribution in [3.8, 4) is 0 Å². The van der Waals surface area contributed by atoms with E-state index in [2.05, 4.69) is 6.92 Å². The van der Waals surface area contributed by atoms with Crippen molar-refractivity contribution >= 4 is 28.7 Å². The summed E-state index contributed by atoms with van der Waals surface area (Å²) in [5.41, 5.74) is 0. The van der Waals surface area contributed by atoms with Crippen LogP contribution in [-0.2, 0) is 4.74 Å². The lowest BCUT2D eigenvalue weighted by molar-refractivity contribution is 0.0158. The van der Waals surface area contributed by atoms with E-state index in [-0.39, 0.29) is 18.5 Å². The first-order valence-corrected chi connectivity index (χ1v) is 7.78. The van der Waals surface area contributed by atoms with Gasteiger partial charge in [-0.25, -0.2) is 0 Å². The number of ketones is 1. The van der Waals surface area contributed by atoms with Gasteiger partial charge in [0.2, 0.25) is 0 Å². The first-order chi connectivity index (χ1) is 8.69. The third kappa shape index (κ3) is 3.81. The van der Waals surface area contributed by atoms with Gasteiger partial charge < -0.3 is 4.74 Å². The van der Waals surface area contributed by atoms with Crippen LogP contribution in [0.5, 0.6) is 0 Å². The fourth-order valence-electron chi connectivity index (χ4n) is 2.49. The zero-order valence-electron chi connectivity index (χ0n) is 10.7. The van der Waals surface area contributed by atoms with Crippen LogP contribution < -0.4 is 0 Å². The molecule has 0 N–H and O–H groups in total. The Bertz CT molecular complexity index is 402. The molecule has 2 rings (SSSR count). The molecule has 2 atom stereocenters. The summed E-state index contributed by atoms with van der Waals surface area (Å²) in [6.45, 7) is 2.42. The maximum absolute atomic E-state index is 11.9. The van der Waals surface area contributed by atoms with Gasteiger partial charge in [0.25, 0.3) is 0 Å². The fraction of sp³-hybridized carbons (Fsp3) is 0.643. The Balaban J connectivity index is 1.79. The highest BCUT2D eigenvalue weighted by atomic mass is 35.5. The summed E-state index contributed by atoms with van der Waals surface area (Å²) in [4.78, 5) is 12.6. The van der Waals surface area contributed by atoms with Crippen molar-refractivity contribution in [1.82, 2.24) is 0 Å². The number of hydrogen-bond acceptors (Lipinski definition) is 3. The van der Waals surface area contributed by atoms with Crippen LogP contribution in [0.1, 0.15) is 48.7 Å². The van der Waals surface area contributed by atoms with E-state index in [9.17, 15) is 4.79 Å². The van der Waals surface area contributed by atoms with Crippen LogP contribution in [0.3, 0.4) is 0 Å². The molecule has 1 aliphatic carbocycles. The summed E-state index contributed by atoms with van der Waals surface area (Å²) in [6, 6.07) is 3.53. The summed E-state index contributed by atoms with van der Waals surface area (Å²) in [5.74, 6) is 0.820. The minimum Gasteiger partial charge on any atom is -0.370 e. The van der Waals surface area contributed by atoms with Gasteiger partial charge in [0.05, 0.1) is 15.3 Å². The van der Waals surface area contributed by atoms with Crippen LogP contribution >= 0.6 is 22.9 Å². The van der Waals surface area contributed by atoms with Gasteiger partial charge in [0.1, 0.15) is 6.61 Å². The maximum atomic E-state index is 11.9. The van der Waals surface area contributed by atoms with E-state index < -0.39 is 0 Å². The van der Waals surface area contributed by atoms with E-state index >= 15 is 0 Å². The molecule has 0 aliphatic heterocycles. The average Bonchev–Trinajstić information content (AvgIpc) is 2.83. The molecule has 1 fully saturated rings. The standard InChI is InChI=1S/C14H19ClO2S/c1-2-10-4-3-5-11(8-10)17-9-12(16)13-6-7-14(15)18-13/h6-7,10-11H,2-5,8-9H2,1H3. The SMILES string of the molecule is CCC1CCCC(OCC(=O)c2ccc(Cl)s2)C1. The molecular formula is C14H19ClO2S. The molecule has 0 aromatic carbocycles. The molecule has 4 heteroatoms. The third-order valence-electron chi connectivity index (χ3n) is 3.61. The Kier molecular flexibility index (Phi) is 5.22. The van der Waals surface area contributed by atoms with Gasteiger partial charge in [-0.15, -0.1) is 11.3 Å². The molecule has 0 amide bonds. The van der Waals surface area contributed by atoms with Gasteiger partial charge in [-0.05, 0) is 30.9 Å². The first kappa shape index (κ1) is 14.0. The topological polar surface area (TPSA) is 26.3 Å². The first-order valence-electron chi connectivity index (χ1n) is 6.59. The van der Waals surface area contributed by atoms with Gasteiger partial charge in [0, 0.05) is 0 Å². The van der Waals surface area contributed by atoms with E-state index in [4.69, 9.17) is 16.3 Å². The highest BCUT2D eigenvalue weighted by Crippen LogP contribution is 2.28. The highest BCUT2D eigenvalue weighted by molar-refractivity contribution is 7.18. The van der Waals surface area contributed by atoms with E-state index in [0.29, 0.717) is 9.21 Å².